The number of carbonyl (C=O) groups excluding carboxylic acids is 2. The number of carbonyl (C=O) groups is 2. The van der Waals surface area contributed by atoms with E-state index >= 15 is 0 Å². The number of thiazole rings is 1. The van der Waals surface area contributed by atoms with Crippen molar-refractivity contribution >= 4 is 44.1 Å². The summed E-state index contributed by atoms with van der Waals surface area (Å²) in [5, 5.41) is 11.9. The van der Waals surface area contributed by atoms with Crippen molar-refractivity contribution in [3.8, 4) is 23.0 Å². The Morgan fingerprint density at radius 3 is 2.64 bits per heavy atom. The van der Waals surface area contributed by atoms with Gasteiger partial charge in [0.2, 0.25) is 0 Å². The molecule has 2 aliphatic rings. The molecule has 6 rings (SSSR count). The Bertz CT molecular complexity index is 1710. The molecule has 3 heterocycles. The maximum atomic E-state index is 13.7. The number of rotatable bonds is 8. The first kappa shape index (κ1) is 27.6. The summed E-state index contributed by atoms with van der Waals surface area (Å²) in [5.41, 5.74) is 1.55. The van der Waals surface area contributed by atoms with Crippen LogP contribution in [0.1, 0.15) is 37.4 Å². The van der Waals surface area contributed by atoms with Crippen LogP contribution in [0.2, 0.25) is 0 Å². The first-order valence-electron chi connectivity index (χ1n) is 13.7. The number of aliphatic hydroxyl groups is 1. The van der Waals surface area contributed by atoms with E-state index in [2.05, 4.69) is 13.8 Å². The molecular weight excluding hydrogens is 556 g/mol. The van der Waals surface area contributed by atoms with Gasteiger partial charge in [-0.25, -0.2) is 4.98 Å². The Morgan fingerprint density at radius 1 is 1.05 bits per heavy atom. The number of anilines is 1. The molecular formula is C32H30N2O7S. The van der Waals surface area contributed by atoms with Gasteiger partial charge < -0.3 is 24.1 Å². The fourth-order valence-corrected chi connectivity index (χ4v) is 6.02. The van der Waals surface area contributed by atoms with E-state index in [1.807, 2.05) is 24.3 Å². The van der Waals surface area contributed by atoms with Crippen LogP contribution in [0, 0.1) is 5.92 Å². The summed E-state index contributed by atoms with van der Waals surface area (Å²) in [4.78, 5) is 33.4. The summed E-state index contributed by atoms with van der Waals surface area (Å²) in [6.07, 6.45) is 0.877. The van der Waals surface area contributed by atoms with Gasteiger partial charge in [0.15, 0.2) is 16.6 Å². The second-order valence-corrected chi connectivity index (χ2v) is 11.5. The van der Waals surface area contributed by atoms with E-state index in [9.17, 15) is 14.7 Å². The number of aromatic nitrogens is 1. The lowest BCUT2D eigenvalue weighted by Gasteiger charge is -2.24. The molecule has 0 unspecified atom stereocenters. The van der Waals surface area contributed by atoms with Crippen LogP contribution >= 0.6 is 11.3 Å². The molecule has 1 saturated heterocycles. The highest BCUT2D eigenvalue weighted by atomic mass is 32.1. The zero-order valence-corrected chi connectivity index (χ0v) is 24.3. The number of aliphatic hydroxyl groups excluding tert-OH is 1. The van der Waals surface area contributed by atoms with Crippen LogP contribution < -0.4 is 23.8 Å². The molecule has 9 nitrogen and oxygen atoms in total. The monoisotopic (exact) mass is 586 g/mol. The minimum atomic E-state index is -0.950. The number of ether oxygens (including phenoxy) is 4. The Labute approximate surface area is 246 Å². The number of ketones is 1. The first-order chi connectivity index (χ1) is 20.3. The zero-order valence-electron chi connectivity index (χ0n) is 23.5. The van der Waals surface area contributed by atoms with Crippen molar-refractivity contribution in [1.82, 2.24) is 4.98 Å². The molecule has 1 atom stereocenters. The molecule has 42 heavy (non-hydrogen) atoms. The molecule has 1 N–H and O–H groups in total. The number of hydrogen-bond acceptors (Lipinski definition) is 9. The molecule has 10 heteroatoms. The van der Waals surface area contributed by atoms with Crippen LogP contribution in [0.5, 0.6) is 23.0 Å². The molecule has 2 aliphatic heterocycles. The molecule has 216 valence electrons. The van der Waals surface area contributed by atoms with E-state index < -0.39 is 17.7 Å². The minimum Gasteiger partial charge on any atom is -0.507 e. The molecule has 3 aromatic carbocycles. The number of Topliss-reactive ketones (excluding diaryl/α,β-unsaturated/α-hetero) is 1. The van der Waals surface area contributed by atoms with E-state index in [1.54, 1.807) is 43.5 Å². The third kappa shape index (κ3) is 5.14. The predicted molar refractivity (Wildman–Crippen MR) is 160 cm³/mol. The standard InChI is InChI=1S/C32H30N2O7S/c1-18(2)11-12-39-22-6-4-5-19(15-22)28-27(29(35)20-7-10-24-25(16-20)41-14-13-40-24)30(36)31(37)34(28)32-33-23-9-8-21(38-3)17-26(23)42-32/h4-10,15-18,28,35H,11-14H2,1-3H3/b29-27+/t28-/m0/s1. The van der Waals surface area contributed by atoms with Gasteiger partial charge in [0.25, 0.3) is 5.78 Å². The van der Waals surface area contributed by atoms with E-state index in [0.29, 0.717) is 70.5 Å². The van der Waals surface area contributed by atoms with Gasteiger partial charge in [0, 0.05) is 5.56 Å². The van der Waals surface area contributed by atoms with Crippen LogP contribution in [0.4, 0.5) is 5.13 Å². The average Bonchev–Trinajstić information content (AvgIpc) is 3.53. The van der Waals surface area contributed by atoms with Gasteiger partial charge in [-0.3, -0.25) is 14.5 Å². The summed E-state index contributed by atoms with van der Waals surface area (Å²) in [6.45, 7) is 5.57. The molecule has 0 spiro atoms. The number of amides is 1. The van der Waals surface area contributed by atoms with Crippen molar-refractivity contribution in [3.63, 3.8) is 0 Å². The second kappa shape index (κ2) is 11.4. The Kier molecular flexibility index (Phi) is 7.47. The topological polar surface area (TPSA) is 107 Å². The zero-order chi connectivity index (χ0) is 29.4. The lowest BCUT2D eigenvalue weighted by molar-refractivity contribution is -0.132. The quantitative estimate of drug-likeness (QED) is 0.149. The third-order valence-electron chi connectivity index (χ3n) is 7.19. The highest BCUT2D eigenvalue weighted by molar-refractivity contribution is 7.22. The SMILES string of the molecule is COc1ccc2nc(N3C(=O)C(=O)/C(=C(/O)c4ccc5c(c4)OCCO5)[C@@H]3c3cccc(OCCC(C)C)c3)sc2c1. The van der Waals surface area contributed by atoms with Gasteiger partial charge in [0.1, 0.15) is 30.5 Å². The van der Waals surface area contributed by atoms with E-state index in [-0.39, 0.29) is 11.3 Å². The third-order valence-corrected chi connectivity index (χ3v) is 8.21. The molecule has 0 radical (unpaired) electrons. The molecule has 1 fully saturated rings. The van der Waals surface area contributed by atoms with E-state index in [0.717, 1.165) is 11.1 Å². The summed E-state index contributed by atoms with van der Waals surface area (Å²) < 4.78 is 23.5. The molecule has 1 amide bonds. The highest BCUT2D eigenvalue weighted by Gasteiger charge is 2.48. The number of methoxy groups -OCH3 is 1. The fraction of sp³-hybridized carbons (Fsp3) is 0.281. The fourth-order valence-electron chi connectivity index (χ4n) is 5.00. The van der Waals surface area contributed by atoms with Crippen molar-refractivity contribution in [1.29, 1.82) is 0 Å². The number of nitrogens with zero attached hydrogens (tertiary/aromatic N) is 2. The predicted octanol–water partition coefficient (Wildman–Crippen LogP) is 6.13. The first-order valence-corrected chi connectivity index (χ1v) is 14.5. The number of benzene rings is 3. The van der Waals surface area contributed by atoms with Crippen molar-refractivity contribution in [2.24, 2.45) is 5.92 Å². The Hall–Kier alpha value is -4.57. The Balaban J connectivity index is 1.48. The van der Waals surface area contributed by atoms with Crippen molar-refractivity contribution in [2.45, 2.75) is 26.3 Å². The maximum Gasteiger partial charge on any atom is 0.301 e. The largest absolute Gasteiger partial charge is 0.507 e. The molecule has 0 aliphatic carbocycles. The summed E-state index contributed by atoms with van der Waals surface area (Å²) in [6, 6.07) is 16.7. The molecule has 1 aromatic heterocycles. The van der Waals surface area contributed by atoms with Crippen LogP contribution in [0.3, 0.4) is 0 Å². The summed E-state index contributed by atoms with van der Waals surface area (Å²) in [7, 11) is 1.58. The smallest absolute Gasteiger partial charge is 0.301 e. The van der Waals surface area contributed by atoms with Crippen LogP contribution in [0.25, 0.3) is 16.0 Å². The second-order valence-electron chi connectivity index (χ2n) is 10.5. The molecule has 4 aromatic rings. The lowest BCUT2D eigenvalue weighted by atomic mass is 9.95. The van der Waals surface area contributed by atoms with Gasteiger partial charge in [-0.15, -0.1) is 0 Å². The Morgan fingerprint density at radius 2 is 1.86 bits per heavy atom. The van der Waals surface area contributed by atoms with Gasteiger partial charge >= 0.3 is 5.91 Å². The van der Waals surface area contributed by atoms with Crippen LogP contribution in [0.15, 0.2) is 66.2 Å². The number of hydrogen-bond donors (Lipinski definition) is 1. The van der Waals surface area contributed by atoms with Gasteiger partial charge in [-0.05, 0) is 66.4 Å². The maximum absolute atomic E-state index is 13.7. The van der Waals surface area contributed by atoms with E-state index in [4.69, 9.17) is 23.9 Å². The summed E-state index contributed by atoms with van der Waals surface area (Å²) in [5.74, 6) is 0.832. The highest BCUT2D eigenvalue weighted by Crippen LogP contribution is 2.46. The van der Waals surface area contributed by atoms with Gasteiger partial charge in [-0.2, -0.15) is 0 Å². The van der Waals surface area contributed by atoms with E-state index in [1.165, 1.54) is 16.2 Å². The van der Waals surface area contributed by atoms with Crippen molar-refractivity contribution in [3.05, 3.63) is 77.4 Å². The average molecular weight is 587 g/mol. The van der Waals surface area contributed by atoms with Crippen molar-refractivity contribution in [2.75, 3.05) is 31.8 Å². The van der Waals surface area contributed by atoms with Gasteiger partial charge in [-0.1, -0.05) is 37.3 Å². The van der Waals surface area contributed by atoms with Crippen LogP contribution in [-0.2, 0) is 9.59 Å². The lowest BCUT2D eigenvalue weighted by Crippen LogP contribution is -2.29. The van der Waals surface area contributed by atoms with Crippen molar-refractivity contribution < 1.29 is 33.6 Å². The number of fused-ring (bicyclic) bond motifs is 2. The minimum absolute atomic E-state index is 0.0483. The van der Waals surface area contributed by atoms with Gasteiger partial charge in [0.05, 0.1) is 35.5 Å². The molecule has 0 bridgehead atoms. The summed E-state index contributed by atoms with van der Waals surface area (Å²) >= 11 is 1.27. The molecule has 0 saturated carbocycles. The normalized spacial score (nSPS) is 17.7. The van der Waals surface area contributed by atoms with Crippen LogP contribution in [-0.4, -0.2) is 48.7 Å².